The second kappa shape index (κ2) is 7.84. The Kier molecular flexibility index (Phi) is 5.32. The summed E-state index contributed by atoms with van der Waals surface area (Å²) >= 11 is 1.21. The summed E-state index contributed by atoms with van der Waals surface area (Å²) in [5.41, 5.74) is 3.11. The number of nitro benzene ring substituents is 1. The molecule has 0 saturated heterocycles. The maximum absolute atomic E-state index is 12.3. The van der Waals surface area contributed by atoms with Gasteiger partial charge < -0.3 is 10.2 Å². The Morgan fingerprint density at radius 2 is 1.96 bits per heavy atom. The van der Waals surface area contributed by atoms with E-state index < -0.39 is 28.0 Å². The van der Waals surface area contributed by atoms with Gasteiger partial charge in [-0.2, -0.15) is 5.10 Å². The molecule has 0 atom stereocenters. The van der Waals surface area contributed by atoms with Crippen LogP contribution in [0.25, 0.3) is 10.6 Å². The first kappa shape index (κ1) is 19.0. The molecule has 1 amide bonds. The van der Waals surface area contributed by atoms with Gasteiger partial charge in [0.05, 0.1) is 16.8 Å². The molecule has 0 bridgehead atoms. The van der Waals surface area contributed by atoms with Gasteiger partial charge in [-0.05, 0) is 6.92 Å². The van der Waals surface area contributed by atoms with E-state index in [1.54, 1.807) is 6.92 Å². The molecular weight excluding hydrogens is 384 g/mol. The summed E-state index contributed by atoms with van der Waals surface area (Å²) < 4.78 is 0. The summed E-state index contributed by atoms with van der Waals surface area (Å²) in [6.45, 7) is 1.71. The summed E-state index contributed by atoms with van der Waals surface area (Å²) in [5, 5.41) is 34.5. The van der Waals surface area contributed by atoms with Crippen molar-refractivity contribution in [1.82, 2.24) is 10.4 Å². The van der Waals surface area contributed by atoms with Crippen molar-refractivity contribution < 1.29 is 19.9 Å². The predicted molar refractivity (Wildman–Crippen MR) is 104 cm³/mol. The van der Waals surface area contributed by atoms with Crippen LogP contribution >= 0.6 is 11.3 Å². The summed E-state index contributed by atoms with van der Waals surface area (Å²) in [5.74, 6) is -1.58. The van der Waals surface area contributed by atoms with Crippen molar-refractivity contribution in [2.75, 3.05) is 0 Å². The number of amides is 1. The Balaban J connectivity index is 1.77. The number of hydrogen-bond donors (Lipinski definition) is 3. The van der Waals surface area contributed by atoms with Gasteiger partial charge >= 0.3 is 5.69 Å². The molecule has 3 rings (SSSR count). The van der Waals surface area contributed by atoms with Gasteiger partial charge in [0, 0.05) is 23.3 Å². The molecule has 142 valence electrons. The lowest BCUT2D eigenvalue weighted by Crippen LogP contribution is -2.17. The Morgan fingerprint density at radius 1 is 1.25 bits per heavy atom. The first-order valence-electron chi connectivity index (χ1n) is 7.93. The van der Waals surface area contributed by atoms with Gasteiger partial charge in [-0.25, -0.2) is 10.4 Å². The summed E-state index contributed by atoms with van der Waals surface area (Å²) in [4.78, 5) is 27.2. The van der Waals surface area contributed by atoms with Crippen LogP contribution in [0.5, 0.6) is 11.5 Å². The van der Waals surface area contributed by atoms with E-state index in [2.05, 4.69) is 15.5 Å². The van der Waals surface area contributed by atoms with E-state index in [-0.39, 0.29) is 5.56 Å². The predicted octanol–water partition coefficient (Wildman–Crippen LogP) is 3.20. The molecule has 0 radical (unpaired) electrons. The molecule has 1 heterocycles. The number of phenols is 2. The lowest BCUT2D eigenvalue weighted by molar-refractivity contribution is -0.385. The van der Waals surface area contributed by atoms with Crippen LogP contribution in [-0.2, 0) is 0 Å². The van der Waals surface area contributed by atoms with Gasteiger partial charge in [-0.15, -0.1) is 11.3 Å². The van der Waals surface area contributed by atoms with Gasteiger partial charge in [0.25, 0.3) is 5.91 Å². The number of aromatic hydroxyl groups is 2. The van der Waals surface area contributed by atoms with Crippen molar-refractivity contribution in [2.45, 2.75) is 6.92 Å². The molecule has 0 spiro atoms. The smallest absolute Gasteiger partial charge is 0.311 e. The fourth-order valence-electron chi connectivity index (χ4n) is 2.35. The molecule has 10 heteroatoms. The molecule has 2 aromatic carbocycles. The highest BCUT2D eigenvalue weighted by atomic mass is 32.1. The number of carbonyl (C=O) groups is 1. The maximum atomic E-state index is 12.3. The molecule has 9 nitrogen and oxygen atoms in total. The minimum atomic E-state index is -0.795. The van der Waals surface area contributed by atoms with Crippen LogP contribution in [0.3, 0.4) is 0 Å². The third kappa shape index (κ3) is 3.96. The van der Waals surface area contributed by atoms with Crippen LogP contribution in [0.4, 0.5) is 5.69 Å². The SMILES string of the molecule is Cc1nc(-c2ccccc2)sc1C(=O)N/N=C/c1cc([N+](=O)[O-])c(O)cc1O. The van der Waals surface area contributed by atoms with E-state index in [9.17, 15) is 25.1 Å². The zero-order valence-electron chi connectivity index (χ0n) is 14.5. The maximum Gasteiger partial charge on any atom is 0.311 e. The number of aryl methyl sites for hydroxylation is 1. The number of rotatable bonds is 5. The number of nitrogens with zero attached hydrogens (tertiary/aromatic N) is 3. The minimum absolute atomic E-state index is 0.0317. The van der Waals surface area contributed by atoms with Crippen LogP contribution < -0.4 is 5.43 Å². The second-order valence-electron chi connectivity index (χ2n) is 5.66. The van der Waals surface area contributed by atoms with Crippen molar-refractivity contribution in [3.63, 3.8) is 0 Å². The Morgan fingerprint density at radius 3 is 2.64 bits per heavy atom. The number of nitro groups is 1. The number of benzene rings is 2. The zero-order valence-corrected chi connectivity index (χ0v) is 15.3. The highest BCUT2D eigenvalue weighted by Gasteiger charge is 2.18. The van der Waals surface area contributed by atoms with E-state index >= 15 is 0 Å². The monoisotopic (exact) mass is 398 g/mol. The number of aromatic nitrogens is 1. The van der Waals surface area contributed by atoms with Crippen molar-refractivity contribution in [2.24, 2.45) is 5.10 Å². The van der Waals surface area contributed by atoms with E-state index in [0.717, 1.165) is 23.9 Å². The second-order valence-corrected chi connectivity index (χ2v) is 6.65. The van der Waals surface area contributed by atoms with E-state index in [1.165, 1.54) is 11.3 Å². The standard InChI is InChI=1S/C18H14N4O5S/c1-10-16(28-18(20-10)11-5-3-2-4-6-11)17(25)21-19-9-12-7-13(22(26)27)15(24)8-14(12)23/h2-9,23-24H,1H3,(H,21,25)/b19-9+. The van der Waals surface area contributed by atoms with Crippen molar-refractivity contribution >= 4 is 29.1 Å². The third-order valence-electron chi connectivity index (χ3n) is 3.71. The van der Waals surface area contributed by atoms with Crippen LogP contribution in [0, 0.1) is 17.0 Å². The zero-order chi connectivity index (χ0) is 20.3. The first-order valence-corrected chi connectivity index (χ1v) is 8.75. The van der Waals surface area contributed by atoms with Gasteiger partial charge in [0.15, 0.2) is 5.75 Å². The number of hydrazone groups is 1. The normalized spacial score (nSPS) is 10.9. The molecule has 3 aromatic rings. The highest BCUT2D eigenvalue weighted by molar-refractivity contribution is 7.17. The van der Waals surface area contributed by atoms with Crippen molar-refractivity contribution in [3.8, 4) is 22.1 Å². The molecule has 1 aromatic heterocycles. The third-order valence-corrected chi connectivity index (χ3v) is 4.92. The lowest BCUT2D eigenvalue weighted by atomic mass is 10.2. The number of hydrogen-bond acceptors (Lipinski definition) is 8. The Hall–Kier alpha value is -3.79. The molecule has 0 fully saturated rings. The largest absolute Gasteiger partial charge is 0.507 e. The number of nitrogens with one attached hydrogen (secondary N) is 1. The van der Waals surface area contributed by atoms with Gasteiger partial charge in [0.2, 0.25) is 0 Å². The molecule has 28 heavy (non-hydrogen) atoms. The quantitative estimate of drug-likeness (QED) is 0.343. The summed E-state index contributed by atoms with van der Waals surface area (Å²) in [6, 6.07) is 11.2. The molecule has 0 aliphatic heterocycles. The van der Waals surface area contributed by atoms with Gasteiger partial charge in [0.1, 0.15) is 15.6 Å². The number of carbonyl (C=O) groups excluding carboxylic acids is 1. The number of phenolic OH excluding ortho intramolecular Hbond substituents is 2. The van der Waals surface area contributed by atoms with Gasteiger partial charge in [-0.3, -0.25) is 14.9 Å². The number of thiazole rings is 1. The summed E-state index contributed by atoms with van der Waals surface area (Å²) in [7, 11) is 0. The van der Waals surface area contributed by atoms with Crippen LogP contribution in [0.15, 0.2) is 47.6 Å². The fraction of sp³-hybridized carbons (Fsp3) is 0.0556. The minimum Gasteiger partial charge on any atom is -0.507 e. The molecule has 0 aliphatic rings. The average Bonchev–Trinajstić information content (AvgIpc) is 3.05. The Bertz CT molecular complexity index is 1080. The first-order chi connectivity index (χ1) is 13.4. The fourth-order valence-corrected chi connectivity index (χ4v) is 3.32. The molecule has 0 unspecified atom stereocenters. The lowest BCUT2D eigenvalue weighted by Gasteiger charge is -2.01. The van der Waals surface area contributed by atoms with Crippen LogP contribution in [0.1, 0.15) is 20.9 Å². The molecule has 3 N–H and O–H groups in total. The van der Waals surface area contributed by atoms with E-state index in [4.69, 9.17) is 0 Å². The van der Waals surface area contributed by atoms with E-state index in [1.807, 2.05) is 30.3 Å². The Labute approximate surface area is 162 Å². The van der Waals surface area contributed by atoms with E-state index in [0.29, 0.717) is 15.6 Å². The van der Waals surface area contributed by atoms with Crippen molar-refractivity contribution in [1.29, 1.82) is 0 Å². The molecule has 0 aliphatic carbocycles. The van der Waals surface area contributed by atoms with Crippen LogP contribution in [0.2, 0.25) is 0 Å². The average molecular weight is 398 g/mol. The topological polar surface area (TPSA) is 138 Å². The van der Waals surface area contributed by atoms with Gasteiger partial charge in [-0.1, -0.05) is 30.3 Å². The highest BCUT2D eigenvalue weighted by Crippen LogP contribution is 2.32. The summed E-state index contributed by atoms with van der Waals surface area (Å²) in [6.07, 6.45) is 1.05. The van der Waals surface area contributed by atoms with Crippen molar-refractivity contribution in [3.05, 3.63) is 68.7 Å². The van der Waals surface area contributed by atoms with Crippen LogP contribution in [-0.4, -0.2) is 32.2 Å². The molecular formula is C18H14N4O5S. The molecule has 0 saturated carbocycles.